The number of rotatable bonds is 7. The molecule has 1 aliphatic rings. The Morgan fingerprint density at radius 3 is 2.55 bits per heavy atom. The van der Waals surface area contributed by atoms with E-state index in [1.54, 1.807) is 14.0 Å². The van der Waals surface area contributed by atoms with Crippen LogP contribution in [0.25, 0.3) is 0 Å². The number of hydrogen-bond acceptors (Lipinski definition) is 6. The Balaban J connectivity index is 2.05. The lowest BCUT2D eigenvalue weighted by molar-refractivity contribution is -0.143. The van der Waals surface area contributed by atoms with Gasteiger partial charge >= 0.3 is 11.7 Å². The van der Waals surface area contributed by atoms with Crippen molar-refractivity contribution in [2.45, 2.75) is 39.4 Å². The van der Waals surface area contributed by atoms with Crippen LogP contribution in [0.3, 0.4) is 0 Å². The van der Waals surface area contributed by atoms with Crippen molar-refractivity contribution in [1.29, 1.82) is 0 Å². The normalized spacial score (nSPS) is 16.4. The minimum atomic E-state index is -0.363. The molecule has 0 saturated heterocycles. The lowest BCUT2D eigenvalue weighted by atomic mass is 10.00. The Kier molecular flexibility index (Phi) is 6.93. The molecule has 31 heavy (non-hydrogen) atoms. The summed E-state index contributed by atoms with van der Waals surface area (Å²) < 4.78 is 8.70. The summed E-state index contributed by atoms with van der Waals surface area (Å²) in [6.07, 6.45) is 0.715. The summed E-state index contributed by atoms with van der Waals surface area (Å²) in [6.45, 7) is 4.70. The predicted molar refractivity (Wildman–Crippen MR) is 124 cm³/mol. The maximum atomic E-state index is 13.2. The van der Waals surface area contributed by atoms with Crippen LogP contribution in [0.2, 0.25) is 0 Å². The SMILES string of the molecule is CCOC(=O)CCC(C)C1N(C)c2c(c(=O)n(C)c(=O)n2C)N1Cc1cccc(Br)c1. The maximum Gasteiger partial charge on any atom is 0.332 e. The third-order valence-electron chi connectivity index (χ3n) is 5.81. The van der Waals surface area contributed by atoms with E-state index in [9.17, 15) is 14.4 Å². The largest absolute Gasteiger partial charge is 0.466 e. The first kappa shape index (κ1) is 23.1. The highest BCUT2D eigenvalue weighted by atomic mass is 79.9. The van der Waals surface area contributed by atoms with E-state index in [0.717, 1.165) is 14.6 Å². The van der Waals surface area contributed by atoms with Gasteiger partial charge in [-0.3, -0.25) is 18.7 Å². The van der Waals surface area contributed by atoms with Crippen molar-refractivity contribution < 1.29 is 9.53 Å². The second kappa shape index (κ2) is 9.30. The third-order valence-corrected chi connectivity index (χ3v) is 6.30. The number of nitrogens with zero attached hydrogens (tertiary/aromatic N) is 4. The van der Waals surface area contributed by atoms with Gasteiger partial charge in [0.1, 0.15) is 17.7 Å². The van der Waals surface area contributed by atoms with Crippen LogP contribution in [0.1, 0.15) is 32.3 Å². The molecule has 0 spiro atoms. The molecule has 168 valence electrons. The van der Waals surface area contributed by atoms with Crippen LogP contribution in [0.5, 0.6) is 0 Å². The van der Waals surface area contributed by atoms with E-state index in [1.807, 2.05) is 36.2 Å². The van der Waals surface area contributed by atoms with Crippen LogP contribution in [-0.2, 0) is 30.2 Å². The van der Waals surface area contributed by atoms with Gasteiger partial charge in [0, 0.05) is 38.6 Å². The van der Waals surface area contributed by atoms with Gasteiger partial charge in [-0.1, -0.05) is 35.0 Å². The highest BCUT2D eigenvalue weighted by Gasteiger charge is 2.41. The molecule has 0 bridgehead atoms. The quantitative estimate of drug-likeness (QED) is 0.552. The van der Waals surface area contributed by atoms with E-state index >= 15 is 0 Å². The Bertz CT molecular complexity index is 1090. The van der Waals surface area contributed by atoms with E-state index in [0.29, 0.717) is 37.5 Å². The molecule has 9 heteroatoms. The average Bonchev–Trinajstić information content (AvgIpc) is 3.01. The molecule has 1 aromatic heterocycles. The lowest BCUT2D eigenvalue weighted by Crippen LogP contribution is -2.46. The van der Waals surface area contributed by atoms with Crippen molar-refractivity contribution in [3.8, 4) is 0 Å². The van der Waals surface area contributed by atoms with Crippen molar-refractivity contribution in [1.82, 2.24) is 9.13 Å². The number of ether oxygens (including phenoxy) is 1. The van der Waals surface area contributed by atoms with E-state index in [2.05, 4.69) is 27.8 Å². The molecular weight excluding hydrogens is 464 g/mol. The zero-order chi connectivity index (χ0) is 22.9. The number of halogens is 1. The first-order valence-electron chi connectivity index (χ1n) is 10.4. The monoisotopic (exact) mass is 492 g/mol. The van der Waals surface area contributed by atoms with Crippen LogP contribution in [0, 0.1) is 5.92 Å². The van der Waals surface area contributed by atoms with Gasteiger partial charge < -0.3 is 14.5 Å². The van der Waals surface area contributed by atoms with Crippen molar-refractivity contribution in [3.63, 3.8) is 0 Å². The first-order chi connectivity index (χ1) is 14.7. The van der Waals surface area contributed by atoms with Gasteiger partial charge in [-0.15, -0.1) is 0 Å². The predicted octanol–water partition coefficient (Wildman–Crippen LogP) is 2.61. The number of hydrogen-bond donors (Lipinski definition) is 0. The minimum absolute atomic E-state index is 0.0359. The second-order valence-electron chi connectivity index (χ2n) is 7.98. The molecule has 2 aromatic rings. The smallest absolute Gasteiger partial charge is 0.332 e. The van der Waals surface area contributed by atoms with Crippen LogP contribution in [0.4, 0.5) is 11.5 Å². The molecule has 0 amide bonds. The first-order valence-corrected chi connectivity index (χ1v) is 11.2. The summed E-state index contributed by atoms with van der Waals surface area (Å²) >= 11 is 3.51. The standard InChI is InChI=1S/C22H29BrN4O4/c1-6-31-17(28)11-10-14(2)19-24(3)20-18(21(29)26(5)22(30)25(20)4)27(19)13-15-8-7-9-16(23)12-15/h7-9,12,14,19H,6,10-11,13H2,1-5H3. The van der Waals surface area contributed by atoms with Crippen LogP contribution in [0.15, 0.2) is 38.3 Å². The molecule has 1 aliphatic heterocycles. The molecule has 1 aromatic carbocycles. The van der Waals surface area contributed by atoms with Crippen molar-refractivity contribution in [3.05, 3.63) is 55.1 Å². The minimum Gasteiger partial charge on any atom is -0.466 e. The Hall–Kier alpha value is -2.55. The Morgan fingerprint density at radius 1 is 1.19 bits per heavy atom. The summed E-state index contributed by atoms with van der Waals surface area (Å²) in [6, 6.07) is 7.94. The van der Waals surface area contributed by atoms with Crippen molar-refractivity contribution in [2.75, 3.05) is 23.5 Å². The molecule has 0 radical (unpaired) electrons. The third kappa shape index (κ3) is 4.42. The zero-order valence-corrected chi connectivity index (χ0v) is 20.2. The van der Waals surface area contributed by atoms with Gasteiger partial charge in [-0.2, -0.15) is 0 Å². The summed E-state index contributed by atoms with van der Waals surface area (Å²) in [7, 11) is 5.07. The van der Waals surface area contributed by atoms with Gasteiger partial charge in [0.05, 0.1) is 6.61 Å². The van der Waals surface area contributed by atoms with E-state index in [4.69, 9.17) is 4.74 Å². The fraction of sp³-hybridized carbons (Fsp3) is 0.500. The van der Waals surface area contributed by atoms with Crippen molar-refractivity contribution >= 4 is 33.4 Å². The van der Waals surface area contributed by atoms with Crippen LogP contribution >= 0.6 is 15.9 Å². The summed E-state index contributed by atoms with van der Waals surface area (Å²) in [5, 5.41) is 0. The number of esters is 1. The molecule has 2 atom stereocenters. The molecule has 3 rings (SSSR count). The molecule has 2 heterocycles. The Morgan fingerprint density at radius 2 is 1.90 bits per heavy atom. The van der Waals surface area contributed by atoms with E-state index in [-0.39, 0.29) is 29.3 Å². The second-order valence-corrected chi connectivity index (χ2v) is 8.90. The van der Waals surface area contributed by atoms with Crippen LogP contribution < -0.4 is 21.0 Å². The van der Waals surface area contributed by atoms with Crippen LogP contribution in [-0.4, -0.2) is 34.9 Å². The summed E-state index contributed by atoms with van der Waals surface area (Å²) in [5.74, 6) is 0.402. The molecule has 0 aliphatic carbocycles. The van der Waals surface area contributed by atoms with Gasteiger partial charge in [-0.05, 0) is 37.0 Å². The number of fused-ring (bicyclic) bond motifs is 1. The summed E-state index contributed by atoms with van der Waals surface area (Å²) in [4.78, 5) is 41.7. The number of carbonyl (C=O) groups excluding carboxylic acids is 1. The Labute approximate surface area is 190 Å². The molecule has 0 fully saturated rings. The topological polar surface area (TPSA) is 76.8 Å². The average molecular weight is 493 g/mol. The maximum absolute atomic E-state index is 13.2. The zero-order valence-electron chi connectivity index (χ0n) is 18.6. The number of benzene rings is 1. The van der Waals surface area contributed by atoms with Crippen molar-refractivity contribution in [2.24, 2.45) is 20.0 Å². The van der Waals surface area contributed by atoms with Gasteiger partial charge in [-0.25, -0.2) is 4.79 Å². The lowest BCUT2D eigenvalue weighted by Gasteiger charge is -2.35. The fourth-order valence-electron chi connectivity index (χ4n) is 4.36. The van der Waals surface area contributed by atoms with Gasteiger partial charge in [0.15, 0.2) is 0 Å². The number of carbonyl (C=O) groups is 1. The van der Waals surface area contributed by atoms with Gasteiger partial charge in [0.2, 0.25) is 0 Å². The highest BCUT2D eigenvalue weighted by Crippen LogP contribution is 2.39. The molecule has 2 unspecified atom stereocenters. The number of anilines is 2. The fourth-order valence-corrected chi connectivity index (χ4v) is 4.81. The van der Waals surface area contributed by atoms with E-state index in [1.165, 1.54) is 11.6 Å². The molecule has 8 nitrogen and oxygen atoms in total. The van der Waals surface area contributed by atoms with Gasteiger partial charge in [0.25, 0.3) is 5.56 Å². The molecule has 0 saturated carbocycles. The summed E-state index contributed by atoms with van der Waals surface area (Å²) in [5.41, 5.74) is 0.854. The number of aromatic nitrogens is 2. The molecular formula is C22H29BrN4O4. The molecule has 0 N–H and O–H groups in total. The highest BCUT2D eigenvalue weighted by molar-refractivity contribution is 9.10. The van der Waals surface area contributed by atoms with E-state index < -0.39 is 0 Å².